The predicted octanol–water partition coefficient (Wildman–Crippen LogP) is 1.33. The zero-order chi connectivity index (χ0) is 24.9. The Bertz CT molecular complexity index is 1240. The molecule has 0 fully saturated rings. The van der Waals surface area contributed by atoms with Crippen molar-refractivity contribution in [2.75, 3.05) is 0 Å². The van der Waals surface area contributed by atoms with Gasteiger partial charge in [0.05, 0.1) is 12.8 Å². The third kappa shape index (κ3) is 5.77. The minimum Gasteiger partial charge on any atom is -0.504 e. The van der Waals surface area contributed by atoms with Gasteiger partial charge in [0.15, 0.2) is 22.5 Å². The molecule has 3 aromatic rings. The molecule has 0 amide bonds. The molecule has 12 nitrogen and oxygen atoms in total. The number of phenols is 3. The number of hydrogen-bond acceptors (Lipinski definition) is 9. The van der Waals surface area contributed by atoms with Crippen LogP contribution in [0.1, 0.15) is 12.8 Å². The van der Waals surface area contributed by atoms with Crippen molar-refractivity contribution < 1.29 is 54.5 Å². The molecule has 2 aromatic carbocycles. The van der Waals surface area contributed by atoms with Crippen molar-refractivity contribution in [1.29, 1.82) is 0 Å². The van der Waals surface area contributed by atoms with E-state index in [0.29, 0.717) is 11.3 Å². The van der Waals surface area contributed by atoms with Crippen LogP contribution in [0, 0.1) is 0 Å². The average molecular weight is 462 g/mol. The zero-order valence-electron chi connectivity index (χ0n) is 16.6. The smallest absolute Gasteiger partial charge is 0.336 e. The Kier molecular flexibility index (Phi) is 7.26. The number of carboxylic acid groups (broad SMARTS) is 3. The van der Waals surface area contributed by atoms with E-state index in [9.17, 15) is 34.5 Å². The van der Waals surface area contributed by atoms with Crippen LogP contribution in [-0.4, -0.2) is 59.3 Å². The molecule has 0 saturated carbocycles. The Morgan fingerprint density at radius 3 is 1.88 bits per heavy atom. The topological polar surface area (TPSA) is 223 Å². The van der Waals surface area contributed by atoms with Crippen molar-refractivity contribution in [3.63, 3.8) is 0 Å². The monoisotopic (exact) mass is 462 g/mol. The summed E-state index contributed by atoms with van der Waals surface area (Å²) < 4.78 is 5.51. The Morgan fingerprint density at radius 1 is 0.848 bits per heavy atom. The first kappa shape index (κ1) is 24.7. The summed E-state index contributed by atoms with van der Waals surface area (Å²) in [6.45, 7) is 0. The van der Waals surface area contributed by atoms with Gasteiger partial charge in [0, 0.05) is 17.7 Å². The molecule has 12 heteroatoms. The van der Waals surface area contributed by atoms with Crippen LogP contribution in [0.3, 0.4) is 0 Å². The quantitative estimate of drug-likeness (QED) is 0.258. The Labute approximate surface area is 183 Å². The number of fused-ring (bicyclic) bond motifs is 1. The summed E-state index contributed by atoms with van der Waals surface area (Å²) in [6.07, 6.45) is -2.29. The van der Waals surface area contributed by atoms with Crippen molar-refractivity contribution >= 4 is 28.9 Å². The number of aromatic hydroxyl groups is 3. The van der Waals surface area contributed by atoms with Crippen LogP contribution >= 0.6 is 0 Å². The number of aliphatic carboxylic acids is 3. The van der Waals surface area contributed by atoms with E-state index in [2.05, 4.69) is 0 Å². The lowest BCUT2D eigenvalue weighted by Gasteiger charge is -2.18. The molecule has 33 heavy (non-hydrogen) atoms. The third-order valence-electron chi connectivity index (χ3n) is 4.29. The van der Waals surface area contributed by atoms with Gasteiger partial charge in [0.2, 0.25) is 5.75 Å². The van der Waals surface area contributed by atoms with Gasteiger partial charge in [-0.2, -0.15) is 0 Å². The summed E-state index contributed by atoms with van der Waals surface area (Å²) in [5, 5.41) is 62.3. The standard InChI is InChI=1S/C15H10O5.C6H8O7/c16-9-6-11(8-4-2-1-3-5-8)20-12-7-10(17)14(18)15(19)13(9)12;7-3(8)1-6(13,5(11)12)2-4(9)10/h1-7,17-19H;13H,1-2H2,(H,7,8)(H,9,10)(H,11,12). The lowest BCUT2D eigenvalue weighted by atomic mass is 9.96. The molecule has 0 aliphatic heterocycles. The van der Waals surface area contributed by atoms with Crippen LogP contribution in [0.4, 0.5) is 0 Å². The molecule has 7 N–H and O–H groups in total. The fraction of sp³-hybridized carbons (Fsp3) is 0.143. The summed E-state index contributed by atoms with van der Waals surface area (Å²) >= 11 is 0. The molecule has 0 bridgehead atoms. The molecule has 0 spiro atoms. The van der Waals surface area contributed by atoms with E-state index in [4.69, 9.17) is 24.8 Å². The second kappa shape index (κ2) is 9.70. The number of carbonyl (C=O) groups is 3. The van der Waals surface area contributed by atoms with Crippen LogP contribution in [-0.2, 0) is 14.4 Å². The fourth-order valence-electron chi connectivity index (χ4n) is 2.74. The molecule has 0 aliphatic rings. The largest absolute Gasteiger partial charge is 0.504 e. The molecule has 0 saturated heterocycles. The third-order valence-corrected chi connectivity index (χ3v) is 4.29. The van der Waals surface area contributed by atoms with E-state index in [1.54, 1.807) is 24.3 Å². The summed E-state index contributed by atoms with van der Waals surface area (Å²) in [4.78, 5) is 42.5. The maximum Gasteiger partial charge on any atom is 0.336 e. The second-order valence-electron chi connectivity index (χ2n) is 6.78. The van der Waals surface area contributed by atoms with Gasteiger partial charge < -0.3 is 40.2 Å². The van der Waals surface area contributed by atoms with E-state index in [-0.39, 0.29) is 11.0 Å². The maximum absolute atomic E-state index is 12.0. The molecule has 174 valence electrons. The summed E-state index contributed by atoms with van der Waals surface area (Å²) in [5.74, 6) is -6.68. The van der Waals surface area contributed by atoms with Gasteiger partial charge in [0.1, 0.15) is 16.7 Å². The SMILES string of the molecule is O=C(O)CC(O)(CC(=O)O)C(=O)O.O=c1cc(-c2ccccc2)oc2cc(O)c(O)c(O)c12. The summed E-state index contributed by atoms with van der Waals surface area (Å²) in [6, 6.07) is 11.3. The molecular formula is C21H18O12. The molecule has 0 atom stereocenters. The first-order chi connectivity index (χ1) is 15.4. The van der Waals surface area contributed by atoms with Gasteiger partial charge >= 0.3 is 17.9 Å². The zero-order valence-corrected chi connectivity index (χ0v) is 16.6. The van der Waals surface area contributed by atoms with Gasteiger partial charge in [-0.3, -0.25) is 14.4 Å². The van der Waals surface area contributed by atoms with Crippen LogP contribution in [0.5, 0.6) is 17.2 Å². The van der Waals surface area contributed by atoms with Crippen molar-refractivity contribution in [2.45, 2.75) is 18.4 Å². The first-order valence-electron chi connectivity index (χ1n) is 9.02. The van der Waals surface area contributed by atoms with Crippen molar-refractivity contribution in [2.24, 2.45) is 0 Å². The van der Waals surface area contributed by atoms with Crippen LogP contribution < -0.4 is 5.43 Å². The molecule has 1 aromatic heterocycles. The lowest BCUT2D eigenvalue weighted by Crippen LogP contribution is -2.42. The maximum atomic E-state index is 12.0. The number of benzene rings is 2. The van der Waals surface area contributed by atoms with E-state index >= 15 is 0 Å². The Morgan fingerprint density at radius 2 is 1.39 bits per heavy atom. The highest BCUT2D eigenvalue weighted by Gasteiger charge is 2.40. The first-order valence-corrected chi connectivity index (χ1v) is 9.02. The number of aliphatic hydroxyl groups is 1. The highest BCUT2D eigenvalue weighted by Crippen LogP contribution is 2.40. The molecule has 0 aliphatic carbocycles. The molecule has 3 rings (SSSR count). The minimum atomic E-state index is -2.74. The average Bonchev–Trinajstić information content (AvgIpc) is 2.71. The van der Waals surface area contributed by atoms with Crippen LogP contribution in [0.15, 0.2) is 51.7 Å². The predicted molar refractivity (Wildman–Crippen MR) is 110 cm³/mol. The number of hydrogen-bond donors (Lipinski definition) is 7. The molecule has 0 radical (unpaired) electrons. The van der Waals surface area contributed by atoms with Gasteiger partial charge in [0.25, 0.3) is 0 Å². The number of phenolic OH excluding ortho intramolecular Hbond substituents is 3. The van der Waals surface area contributed by atoms with E-state index < -0.39 is 59.0 Å². The normalized spacial score (nSPS) is 10.8. The lowest BCUT2D eigenvalue weighted by molar-refractivity contribution is -0.170. The van der Waals surface area contributed by atoms with E-state index in [1.165, 1.54) is 6.07 Å². The van der Waals surface area contributed by atoms with Crippen LogP contribution in [0.25, 0.3) is 22.3 Å². The van der Waals surface area contributed by atoms with Crippen LogP contribution in [0.2, 0.25) is 0 Å². The van der Waals surface area contributed by atoms with Gasteiger partial charge in [-0.25, -0.2) is 4.79 Å². The molecule has 0 unspecified atom stereocenters. The van der Waals surface area contributed by atoms with E-state index in [1.807, 2.05) is 6.07 Å². The minimum absolute atomic E-state index is 0.00385. The molecular weight excluding hydrogens is 444 g/mol. The molecule has 1 heterocycles. The Hall–Kier alpha value is -4.58. The van der Waals surface area contributed by atoms with E-state index in [0.717, 1.165) is 6.07 Å². The van der Waals surface area contributed by atoms with Gasteiger partial charge in [-0.1, -0.05) is 30.3 Å². The van der Waals surface area contributed by atoms with Crippen molar-refractivity contribution in [1.82, 2.24) is 0 Å². The fourth-order valence-corrected chi connectivity index (χ4v) is 2.74. The highest BCUT2D eigenvalue weighted by atomic mass is 16.4. The summed E-state index contributed by atoms with van der Waals surface area (Å²) in [5.41, 5.74) is -2.54. The number of rotatable bonds is 6. The number of carboxylic acids is 3. The second-order valence-corrected chi connectivity index (χ2v) is 6.78. The van der Waals surface area contributed by atoms with Gasteiger partial charge in [-0.15, -0.1) is 0 Å². The van der Waals surface area contributed by atoms with Crippen molar-refractivity contribution in [3.05, 3.63) is 52.7 Å². The van der Waals surface area contributed by atoms with Gasteiger partial charge in [-0.05, 0) is 0 Å². The van der Waals surface area contributed by atoms with Crippen molar-refractivity contribution in [3.8, 4) is 28.6 Å². The Balaban J connectivity index is 0.000000260. The summed E-state index contributed by atoms with van der Waals surface area (Å²) in [7, 11) is 0. The highest BCUT2D eigenvalue weighted by molar-refractivity contribution is 5.89.